The molecule has 9 rings (SSSR count). The zero-order valence-electron chi connectivity index (χ0n) is 29.6. The number of benzene rings is 9. The van der Waals surface area contributed by atoms with Crippen LogP contribution in [0.25, 0.3) is 32.3 Å². The molecule has 0 aliphatic carbocycles. The van der Waals surface area contributed by atoms with Gasteiger partial charge in [0.1, 0.15) is 28.9 Å². The van der Waals surface area contributed by atoms with Crippen molar-refractivity contribution < 1.29 is 4.74 Å². The standard InChI is InChI=1S/C49H39BOP2/c50-53(44-23-11-4-12-24-44,47-34-28-39-26-25-37-15-13-16-38-27-33-46(47)49(39)48(37)38)45-31-29-40(30-32-45)51-35-14-36-52(41-17-5-1-6-18-41,42-19-7-2-8-20-42)43-21-9-3-10-22-43/h1-13,15-34H,14,35-36H2/q+1. The van der Waals surface area contributed by atoms with Crippen molar-refractivity contribution in [3.05, 3.63) is 200 Å². The lowest BCUT2D eigenvalue weighted by atomic mass is 9.94. The molecule has 0 aromatic heterocycles. The fourth-order valence-corrected chi connectivity index (χ4v) is 15.6. The largest absolute Gasteiger partial charge is 0.493 e. The van der Waals surface area contributed by atoms with Gasteiger partial charge < -0.3 is 4.74 Å². The maximum atomic E-state index is 7.82. The van der Waals surface area contributed by atoms with E-state index in [4.69, 9.17) is 12.3 Å². The Balaban J connectivity index is 1.03. The summed E-state index contributed by atoms with van der Waals surface area (Å²) >= 11 is 0. The van der Waals surface area contributed by atoms with Crippen molar-refractivity contribution in [3.8, 4) is 5.75 Å². The zero-order valence-corrected chi connectivity index (χ0v) is 31.3. The second-order valence-electron chi connectivity index (χ2n) is 13.7. The van der Waals surface area contributed by atoms with E-state index in [0.717, 1.165) is 28.9 Å². The molecule has 1 atom stereocenters. The maximum Gasteiger partial charge on any atom is 0.119 e. The van der Waals surface area contributed by atoms with Gasteiger partial charge in [0.15, 0.2) is 0 Å². The molecule has 0 N–H and O–H groups in total. The zero-order chi connectivity index (χ0) is 35.7. The van der Waals surface area contributed by atoms with Crippen LogP contribution in [0.2, 0.25) is 0 Å². The third kappa shape index (κ3) is 5.92. The van der Waals surface area contributed by atoms with Crippen LogP contribution in [0.15, 0.2) is 200 Å². The van der Waals surface area contributed by atoms with Crippen molar-refractivity contribution in [2.24, 2.45) is 0 Å². The Hall–Kier alpha value is -5.26. The molecule has 0 saturated heterocycles. The Morgan fingerprint density at radius 3 is 1.40 bits per heavy atom. The molecule has 0 fully saturated rings. The summed E-state index contributed by atoms with van der Waals surface area (Å²) in [5.74, 6) is 0.867. The molecule has 1 nitrogen and oxygen atoms in total. The van der Waals surface area contributed by atoms with Crippen LogP contribution in [0.1, 0.15) is 6.42 Å². The number of ether oxygens (including phenoxy) is 1. The minimum atomic E-state index is -2.51. The molecule has 9 aromatic rings. The Kier molecular flexibility index (Phi) is 9.05. The highest BCUT2D eigenvalue weighted by Gasteiger charge is 2.44. The summed E-state index contributed by atoms with van der Waals surface area (Å²) < 4.78 is 6.52. The second-order valence-corrected chi connectivity index (χ2v) is 20.3. The number of hydrogen-bond acceptors (Lipinski definition) is 1. The molecule has 0 aliphatic rings. The lowest BCUT2D eigenvalue weighted by Crippen LogP contribution is -2.33. The summed E-state index contributed by atoms with van der Waals surface area (Å²) in [5, 5.41) is 15.3. The molecule has 3 radical (unpaired) electrons. The summed E-state index contributed by atoms with van der Waals surface area (Å²) in [6, 6.07) is 72.6. The Labute approximate surface area is 314 Å². The molecule has 253 valence electrons. The number of hydrogen-bond donors (Lipinski definition) is 0. The van der Waals surface area contributed by atoms with Crippen molar-refractivity contribution in [3.63, 3.8) is 0 Å². The van der Waals surface area contributed by atoms with Gasteiger partial charge in [-0.2, -0.15) is 0 Å². The van der Waals surface area contributed by atoms with Gasteiger partial charge in [-0.15, -0.1) is 7.14 Å². The van der Waals surface area contributed by atoms with Gasteiger partial charge in [0.2, 0.25) is 0 Å². The minimum Gasteiger partial charge on any atom is -0.493 e. The quantitative estimate of drug-likeness (QED) is 0.0561. The summed E-state index contributed by atoms with van der Waals surface area (Å²) in [4.78, 5) is 0. The highest BCUT2D eigenvalue weighted by atomic mass is 31.2. The average molecular weight is 717 g/mol. The van der Waals surface area contributed by atoms with Crippen molar-refractivity contribution in [2.75, 3.05) is 12.8 Å². The SMILES string of the molecule is [B-][P+](c1ccccc1)(c1ccc(OCCC[P+](c2ccccc2)(c2ccccc2)c2ccccc2)cc1)c1ccc2ccc3cccc4ccc1c2c34. The normalized spacial score (nSPS) is 13.0. The molecule has 0 bridgehead atoms. The first-order valence-corrected chi connectivity index (χ1v) is 22.2. The molecule has 1 unspecified atom stereocenters. The van der Waals surface area contributed by atoms with Gasteiger partial charge in [0.25, 0.3) is 0 Å². The van der Waals surface area contributed by atoms with E-state index in [9.17, 15) is 0 Å². The first-order chi connectivity index (χ1) is 26.2. The van der Waals surface area contributed by atoms with Crippen molar-refractivity contribution in [1.82, 2.24) is 0 Å². The monoisotopic (exact) mass is 716 g/mol. The lowest BCUT2D eigenvalue weighted by molar-refractivity contribution is 0.318. The highest BCUT2D eigenvalue weighted by molar-refractivity contribution is 8.13. The van der Waals surface area contributed by atoms with Crippen LogP contribution in [-0.4, -0.2) is 20.3 Å². The average Bonchev–Trinajstić information content (AvgIpc) is 3.24. The molecule has 0 saturated carbocycles. The van der Waals surface area contributed by atoms with E-state index in [1.165, 1.54) is 53.5 Å². The third-order valence-corrected chi connectivity index (χ3v) is 18.7. The van der Waals surface area contributed by atoms with E-state index in [1.807, 2.05) is 0 Å². The van der Waals surface area contributed by atoms with Crippen LogP contribution in [-0.2, 0) is 0 Å². The molecule has 4 heteroatoms. The van der Waals surface area contributed by atoms with Gasteiger partial charge in [-0.25, -0.2) is 0 Å². The van der Waals surface area contributed by atoms with Crippen molar-refractivity contribution in [1.29, 1.82) is 0 Å². The van der Waals surface area contributed by atoms with Crippen molar-refractivity contribution in [2.45, 2.75) is 6.42 Å². The van der Waals surface area contributed by atoms with E-state index < -0.39 is 14.4 Å². The van der Waals surface area contributed by atoms with E-state index >= 15 is 0 Å². The first-order valence-electron chi connectivity index (χ1n) is 18.3. The molecular formula is C49H39BOP2+. The van der Waals surface area contributed by atoms with E-state index in [2.05, 4.69) is 200 Å². The van der Waals surface area contributed by atoms with E-state index in [-0.39, 0.29) is 0 Å². The smallest absolute Gasteiger partial charge is 0.119 e. The Bertz CT molecular complexity index is 2500. The fourth-order valence-electron chi connectivity index (χ4n) is 8.27. The van der Waals surface area contributed by atoms with Gasteiger partial charge in [-0.05, 0) is 106 Å². The van der Waals surface area contributed by atoms with Crippen LogP contribution in [0.3, 0.4) is 0 Å². The molecule has 9 aromatic carbocycles. The van der Waals surface area contributed by atoms with E-state index in [1.54, 1.807) is 0 Å². The Morgan fingerprint density at radius 2 is 0.849 bits per heavy atom. The van der Waals surface area contributed by atoms with Crippen molar-refractivity contribution >= 4 is 86.1 Å². The van der Waals surface area contributed by atoms with Gasteiger partial charge in [0.05, 0.1) is 28.7 Å². The summed E-state index contributed by atoms with van der Waals surface area (Å²) in [6.45, 7) is 0.629. The topological polar surface area (TPSA) is 9.23 Å². The van der Waals surface area contributed by atoms with Gasteiger partial charge in [-0.3, -0.25) is 7.57 Å². The summed E-state index contributed by atoms with van der Waals surface area (Å²) in [5.41, 5.74) is 0. The molecule has 0 amide bonds. The third-order valence-electron chi connectivity index (χ3n) is 10.8. The predicted octanol–water partition coefficient (Wildman–Crippen LogP) is 9.72. The lowest BCUT2D eigenvalue weighted by Gasteiger charge is -2.38. The first kappa shape index (κ1) is 33.6. The van der Waals surface area contributed by atoms with Crippen LogP contribution in [0, 0.1) is 0 Å². The van der Waals surface area contributed by atoms with Gasteiger partial charge >= 0.3 is 0 Å². The van der Waals surface area contributed by atoms with Gasteiger partial charge in [0, 0.05) is 17.2 Å². The fraction of sp³-hybridized carbons (Fsp3) is 0.0612. The molecule has 53 heavy (non-hydrogen) atoms. The summed E-state index contributed by atoms with van der Waals surface area (Å²) in [6.07, 6.45) is 1.94. The maximum absolute atomic E-state index is 7.82. The van der Waals surface area contributed by atoms with Crippen LogP contribution in [0.5, 0.6) is 5.75 Å². The number of rotatable bonds is 11. The molecule has 0 spiro atoms. The minimum absolute atomic E-state index is 0.629. The predicted molar refractivity (Wildman–Crippen MR) is 235 cm³/mol. The van der Waals surface area contributed by atoms with Crippen LogP contribution < -0.4 is 36.6 Å². The van der Waals surface area contributed by atoms with Crippen LogP contribution >= 0.6 is 14.4 Å². The molecule has 0 aliphatic heterocycles. The second kappa shape index (κ2) is 14.3. The van der Waals surface area contributed by atoms with Crippen LogP contribution in [0.4, 0.5) is 0 Å². The summed E-state index contributed by atoms with van der Waals surface area (Å²) in [7, 11) is 3.40. The Morgan fingerprint density at radius 1 is 0.396 bits per heavy atom. The molecule has 0 heterocycles. The van der Waals surface area contributed by atoms with E-state index in [0.29, 0.717) is 6.61 Å². The highest BCUT2D eigenvalue weighted by Crippen LogP contribution is 2.56. The van der Waals surface area contributed by atoms with Gasteiger partial charge in [-0.1, -0.05) is 115 Å². The molecular weight excluding hydrogens is 677 g/mol.